The van der Waals surface area contributed by atoms with E-state index in [2.05, 4.69) is 58.2 Å². The van der Waals surface area contributed by atoms with Gasteiger partial charge in [-0.3, -0.25) is 33.8 Å². The van der Waals surface area contributed by atoms with E-state index < -0.39 is 0 Å². The molecule has 1 heterocycles. The number of anilines is 1. The van der Waals surface area contributed by atoms with Crippen molar-refractivity contribution in [2.24, 2.45) is 0 Å². The Labute approximate surface area is 268 Å². The van der Waals surface area contributed by atoms with Crippen molar-refractivity contribution in [3.63, 3.8) is 0 Å². The van der Waals surface area contributed by atoms with Crippen LogP contribution in [-0.4, -0.2) is 91.4 Å². The van der Waals surface area contributed by atoms with Crippen molar-refractivity contribution in [3.8, 4) is 0 Å². The summed E-state index contributed by atoms with van der Waals surface area (Å²) < 4.78 is 0. The highest BCUT2D eigenvalue weighted by Gasteiger charge is 2.16. The van der Waals surface area contributed by atoms with Crippen LogP contribution in [0.15, 0.2) is 23.8 Å². The predicted molar refractivity (Wildman–Crippen MR) is 178 cm³/mol. The summed E-state index contributed by atoms with van der Waals surface area (Å²) in [6.07, 6.45) is 8.43. The third kappa shape index (κ3) is 14.1. The Kier molecular flexibility index (Phi) is 17.4. The molecule has 0 saturated carbocycles. The molecule has 0 aromatic heterocycles. The number of aryl methyl sites for hydroxylation is 1. The molecule has 4 amide bonds. The molecule has 244 valence electrons. The van der Waals surface area contributed by atoms with Crippen LogP contribution in [0.1, 0.15) is 82.8 Å². The van der Waals surface area contributed by atoms with Gasteiger partial charge in [0.25, 0.3) is 0 Å². The lowest BCUT2D eigenvalue weighted by atomic mass is 10.0. The van der Waals surface area contributed by atoms with E-state index in [1.165, 1.54) is 5.69 Å². The first-order valence-corrected chi connectivity index (χ1v) is 16.4. The normalized spacial score (nSPS) is 14.4. The van der Waals surface area contributed by atoms with Crippen LogP contribution in [0.3, 0.4) is 0 Å². The topological polar surface area (TPSA) is 119 Å². The minimum atomic E-state index is -0.260. The van der Waals surface area contributed by atoms with E-state index in [9.17, 15) is 24.0 Å². The first-order chi connectivity index (χ1) is 21.1. The number of unbranched alkanes of at least 4 members (excludes halogenated alkanes) is 2. The quantitative estimate of drug-likeness (QED) is 0.0980. The number of nitrogens with zero attached hydrogens (tertiary/aromatic N) is 3. The molecule has 2 N–H and O–H groups in total. The second kappa shape index (κ2) is 20.7. The van der Waals surface area contributed by atoms with Gasteiger partial charge in [-0.2, -0.15) is 0 Å². The molecule has 44 heavy (non-hydrogen) atoms. The lowest BCUT2D eigenvalue weighted by Crippen LogP contribution is -2.42. The third-order valence-electron chi connectivity index (χ3n) is 7.81. The number of carbonyl (C=O) groups excluding carboxylic acids is 5. The van der Waals surface area contributed by atoms with E-state index >= 15 is 0 Å². The van der Waals surface area contributed by atoms with Crippen LogP contribution < -0.4 is 15.5 Å². The van der Waals surface area contributed by atoms with Gasteiger partial charge in [-0.1, -0.05) is 19.4 Å². The highest BCUT2D eigenvalue weighted by atomic mass is 32.1. The molecule has 1 aliphatic heterocycles. The Morgan fingerprint density at radius 3 is 2.36 bits per heavy atom. The minimum absolute atomic E-state index is 0.0490. The molecule has 0 bridgehead atoms. The number of carbonyl (C=O) groups is 5. The molecule has 0 aliphatic carbocycles. The molecular weight excluding hydrogens is 578 g/mol. The van der Waals surface area contributed by atoms with Crippen LogP contribution in [0.2, 0.25) is 0 Å². The van der Waals surface area contributed by atoms with Gasteiger partial charge in [-0.25, -0.2) is 0 Å². The van der Waals surface area contributed by atoms with Crippen molar-refractivity contribution < 1.29 is 24.0 Å². The lowest BCUT2D eigenvalue weighted by Gasteiger charge is -2.32. The van der Waals surface area contributed by atoms with E-state index in [4.69, 9.17) is 0 Å². The summed E-state index contributed by atoms with van der Waals surface area (Å²) in [6, 6.07) is 6.37. The van der Waals surface area contributed by atoms with Crippen LogP contribution in [0.5, 0.6) is 0 Å². The fourth-order valence-corrected chi connectivity index (χ4v) is 5.14. The SMILES string of the molecule is CCCC(=O)N(C=O)CCC(=O)NCCCCCC(=O)NCCN1CCCCN(c2ccc(/C=C(\C)C(=O)S)c(C)c2)CC1. The van der Waals surface area contributed by atoms with Crippen LogP contribution in [0, 0.1) is 6.92 Å². The maximum atomic E-state index is 12.3. The molecule has 1 aliphatic rings. The molecule has 1 aromatic carbocycles. The van der Waals surface area contributed by atoms with Crippen molar-refractivity contribution in [2.75, 3.05) is 57.3 Å². The van der Waals surface area contributed by atoms with Gasteiger partial charge >= 0.3 is 0 Å². The summed E-state index contributed by atoms with van der Waals surface area (Å²) in [4.78, 5) is 64.5. The standard InChI is InChI=1S/C33H51N5O5S/c1-4-10-32(42)38(25-39)19-14-31(41)34-15-7-5-6-11-30(40)35-16-20-36-17-8-9-18-37(22-21-36)29-13-12-28(26(2)24-29)23-27(3)33(43)44/h12-13,23-25H,4-11,14-22H2,1-3H3,(H,34,41)(H,35,40)(H,43,44)/b27-23+. The molecule has 0 unspecified atom stereocenters. The van der Waals surface area contributed by atoms with E-state index in [0.29, 0.717) is 44.3 Å². The molecule has 0 radical (unpaired) electrons. The monoisotopic (exact) mass is 629 g/mol. The fourth-order valence-electron chi connectivity index (χ4n) is 5.08. The van der Waals surface area contributed by atoms with Gasteiger partial charge in [0.05, 0.1) is 0 Å². The molecule has 2 rings (SSSR count). The zero-order valence-corrected chi connectivity index (χ0v) is 27.6. The van der Waals surface area contributed by atoms with Gasteiger partial charge in [0.15, 0.2) is 0 Å². The van der Waals surface area contributed by atoms with Crippen molar-refractivity contribution in [1.82, 2.24) is 20.4 Å². The molecule has 1 aromatic rings. The Hall–Kier alpha value is -3.18. The highest BCUT2D eigenvalue weighted by molar-refractivity contribution is 7.97. The zero-order chi connectivity index (χ0) is 32.3. The molecule has 1 saturated heterocycles. The van der Waals surface area contributed by atoms with Crippen LogP contribution >= 0.6 is 12.6 Å². The van der Waals surface area contributed by atoms with E-state index in [1.54, 1.807) is 6.92 Å². The van der Waals surface area contributed by atoms with Crippen LogP contribution in [-0.2, 0) is 24.0 Å². The molecule has 0 atom stereocenters. The maximum Gasteiger partial charge on any atom is 0.228 e. The van der Waals surface area contributed by atoms with Crippen molar-refractivity contribution in [3.05, 3.63) is 34.9 Å². The first kappa shape index (κ1) is 37.0. The molecule has 1 fully saturated rings. The van der Waals surface area contributed by atoms with Crippen molar-refractivity contribution >= 4 is 53.6 Å². The summed E-state index contributed by atoms with van der Waals surface area (Å²) in [5.74, 6) is -0.400. The van der Waals surface area contributed by atoms with E-state index in [0.717, 1.165) is 80.9 Å². The average molecular weight is 630 g/mol. The first-order valence-electron chi connectivity index (χ1n) is 15.9. The van der Waals surface area contributed by atoms with E-state index in [-0.39, 0.29) is 35.8 Å². The van der Waals surface area contributed by atoms with Crippen LogP contribution in [0.4, 0.5) is 5.69 Å². The predicted octanol–water partition coefficient (Wildman–Crippen LogP) is 3.72. The largest absolute Gasteiger partial charge is 0.370 e. The average Bonchev–Trinajstić information content (AvgIpc) is 2.97. The van der Waals surface area contributed by atoms with Gasteiger partial charge in [0.1, 0.15) is 0 Å². The Bertz CT molecular complexity index is 1140. The summed E-state index contributed by atoms with van der Waals surface area (Å²) in [5.41, 5.74) is 3.97. The second-order valence-electron chi connectivity index (χ2n) is 11.4. The number of amides is 4. The lowest BCUT2D eigenvalue weighted by molar-refractivity contribution is -0.138. The summed E-state index contributed by atoms with van der Waals surface area (Å²) >= 11 is 3.91. The van der Waals surface area contributed by atoms with Gasteiger partial charge in [-0.15, -0.1) is 12.6 Å². The smallest absolute Gasteiger partial charge is 0.228 e. The third-order valence-corrected chi connectivity index (χ3v) is 8.16. The molecule has 0 spiro atoms. The van der Waals surface area contributed by atoms with Gasteiger partial charge in [0, 0.05) is 76.3 Å². The van der Waals surface area contributed by atoms with Crippen molar-refractivity contribution in [1.29, 1.82) is 0 Å². The summed E-state index contributed by atoms with van der Waals surface area (Å²) in [5, 5.41) is 5.64. The summed E-state index contributed by atoms with van der Waals surface area (Å²) in [6.45, 7) is 11.6. The van der Waals surface area contributed by atoms with Gasteiger partial charge < -0.3 is 15.5 Å². The maximum absolute atomic E-state index is 12.3. The van der Waals surface area contributed by atoms with Gasteiger partial charge in [0.2, 0.25) is 29.2 Å². The molecule has 11 heteroatoms. The second-order valence-corrected chi connectivity index (χ2v) is 11.8. The number of imide groups is 1. The van der Waals surface area contributed by atoms with Gasteiger partial charge in [-0.05, 0) is 81.8 Å². The number of hydrogen-bond acceptors (Lipinski definition) is 7. The van der Waals surface area contributed by atoms with Crippen molar-refractivity contribution in [2.45, 2.75) is 78.6 Å². The number of thiol groups is 1. The number of nitrogens with one attached hydrogen (secondary N) is 2. The zero-order valence-electron chi connectivity index (χ0n) is 26.7. The van der Waals surface area contributed by atoms with E-state index in [1.807, 2.05) is 13.0 Å². The molecule has 10 nitrogen and oxygen atoms in total. The number of hydrogen-bond donors (Lipinski definition) is 3. The Morgan fingerprint density at radius 2 is 1.66 bits per heavy atom. The number of benzene rings is 1. The Balaban J connectivity index is 1.62. The fraction of sp³-hybridized carbons (Fsp3) is 0.606. The van der Waals surface area contributed by atoms with Crippen LogP contribution in [0.25, 0.3) is 6.08 Å². The minimum Gasteiger partial charge on any atom is -0.370 e. The Morgan fingerprint density at radius 1 is 0.932 bits per heavy atom. The molecular formula is C33H51N5O5S. The number of rotatable bonds is 18. The highest BCUT2D eigenvalue weighted by Crippen LogP contribution is 2.23. The summed E-state index contributed by atoms with van der Waals surface area (Å²) in [7, 11) is 0.